The molecular formula is C16H17N3O4. The van der Waals surface area contributed by atoms with Crippen LogP contribution in [-0.2, 0) is 11.3 Å². The molecule has 0 radical (unpaired) electrons. The summed E-state index contributed by atoms with van der Waals surface area (Å²) in [6.07, 6.45) is 1.67. The molecule has 0 aliphatic rings. The first-order valence-corrected chi connectivity index (χ1v) is 7.04. The molecule has 1 aromatic carbocycles. The minimum atomic E-state index is -0.495. The second-order valence-corrected chi connectivity index (χ2v) is 4.84. The predicted molar refractivity (Wildman–Crippen MR) is 83.9 cm³/mol. The molecule has 0 N–H and O–H groups in total. The average Bonchev–Trinajstić information content (AvgIpc) is 2.59. The maximum atomic E-state index is 12.6. The lowest BCUT2D eigenvalue weighted by molar-refractivity contribution is -0.384. The van der Waals surface area contributed by atoms with Crippen molar-refractivity contribution in [1.29, 1.82) is 0 Å². The molecular weight excluding hydrogens is 298 g/mol. The number of rotatable bonds is 7. The van der Waals surface area contributed by atoms with E-state index < -0.39 is 4.92 Å². The number of carbonyl (C=O) groups is 1. The van der Waals surface area contributed by atoms with Gasteiger partial charge in [-0.3, -0.25) is 19.9 Å². The van der Waals surface area contributed by atoms with E-state index in [0.717, 1.165) is 5.69 Å². The minimum absolute atomic E-state index is 0.0466. The van der Waals surface area contributed by atoms with Gasteiger partial charge in [-0.25, -0.2) is 0 Å². The second-order valence-electron chi connectivity index (χ2n) is 4.84. The number of ether oxygens (including phenoxy) is 1. The van der Waals surface area contributed by atoms with E-state index >= 15 is 0 Å². The fourth-order valence-electron chi connectivity index (χ4n) is 2.05. The molecule has 0 saturated carbocycles. The Morgan fingerprint density at radius 1 is 1.26 bits per heavy atom. The summed E-state index contributed by atoms with van der Waals surface area (Å²) in [7, 11) is 1.56. The van der Waals surface area contributed by atoms with Crippen LogP contribution in [0, 0.1) is 10.1 Å². The van der Waals surface area contributed by atoms with Crippen LogP contribution in [-0.4, -0.2) is 41.0 Å². The number of carbonyl (C=O) groups excluding carboxylic acids is 1. The molecule has 120 valence electrons. The van der Waals surface area contributed by atoms with E-state index in [-0.39, 0.29) is 11.6 Å². The standard InChI is InChI=1S/C16H17N3O4/c1-23-11-10-18(12-14-4-2-3-9-17-14)16(20)13-5-7-15(8-6-13)19(21)22/h2-9H,10-12H2,1H3. The molecule has 2 aromatic rings. The Kier molecular flexibility index (Phi) is 5.76. The summed E-state index contributed by atoms with van der Waals surface area (Å²) in [5, 5.41) is 10.7. The number of nitrogens with zero attached hydrogens (tertiary/aromatic N) is 3. The van der Waals surface area contributed by atoms with E-state index in [0.29, 0.717) is 25.3 Å². The Hall–Kier alpha value is -2.80. The summed E-state index contributed by atoms with van der Waals surface area (Å²) in [5.74, 6) is -0.220. The first-order valence-electron chi connectivity index (χ1n) is 7.04. The maximum absolute atomic E-state index is 12.6. The lowest BCUT2D eigenvalue weighted by Gasteiger charge is -2.22. The van der Waals surface area contributed by atoms with Crippen LogP contribution in [0.2, 0.25) is 0 Å². The summed E-state index contributed by atoms with van der Waals surface area (Å²) in [6, 6.07) is 11.1. The van der Waals surface area contributed by atoms with Crippen LogP contribution in [0.25, 0.3) is 0 Å². The van der Waals surface area contributed by atoms with Crippen molar-refractivity contribution in [3.8, 4) is 0 Å². The van der Waals surface area contributed by atoms with Gasteiger partial charge in [0.05, 0.1) is 23.8 Å². The van der Waals surface area contributed by atoms with E-state index in [2.05, 4.69) is 4.98 Å². The van der Waals surface area contributed by atoms with Gasteiger partial charge in [-0.05, 0) is 24.3 Å². The van der Waals surface area contributed by atoms with E-state index in [1.807, 2.05) is 12.1 Å². The predicted octanol–water partition coefficient (Wildman–Crippen LogP) is 2.28. The zero-order valence-electron chi connectivity index (χ0n) is 12.7. The summed E-state index contributed by atoms with van der Waals surface area (Å²) in [6.45, 7) is 1.15. The normalized spacial score (nSPS) is 10.3. The first-order chi connectivity index (χ1) is 11.1. The number of benzene rings is 1. The van der Waals surface area contributed by atoms with Gasteiger partial charge in [0.2, 0.25) is 0 Å². The molecule has 0 spiro atoms. The monoisotopic (exact) mass is 315 g/mol. The summed E-state index contributed by atoms with van der Waals surface area (Å²) in [5.41, 5.74) is 1.11. The first kappa shape index (κ1) is 16.6. The van der Waals surface area contributed by atoms with Crippen molar-refractivity contribution >= 4 is 11.6 Å². The molecule has 0 aliphatic heterocycles. The smallest absolute Gasteiger partial charge is 0.269 e. The highest BCUT2D eigenvalue weighted by molar-refractivity contribution is 5.94. The third-order valence-corrected chi connectivity index (χ3v) is 3.26. The lowest BCUT2D eigenvalue weighted by atomic mass is 10.1. The molecule has 0 atom stereocenters. The van der Waals surface area contributed by atoms with Gasteiger partial charge in [0.1, 0.15) is 0 Å². The minimum Gasteiger partial charge on any atom is -0.383 e. The molecule has 0 bridgehead atoms. The Morgan fingerprint density at radius 3 is 2.57 bits per heavy atom. The van der Waals surface area contributed by atoms with Gasteiger partial charge in [0.15, 0.2) is 0 Å². The molecule has 7 nitrogen and oxygen atoms in total. The number of hydrogen-bond acceptors (Lipinski definition) is 5. The van der Waals surface area contributed by atoms with Crippen molar-refractivity contribution in [1.82, 2.24) is 9.88 Å². The van der Waals surface area contributed by atoms with E-state index in [1.165, 1.54) is 24.3 Å². The number of methoxy groups -OCH3 is 1. The topological polar surface area (TPSA) is 85.6 Å². The van der Waals surface area contributed by atoms with Gasteiger partial charge < -0.3 is 9.64 Å². The Morgan fingerprint density at radius 2 is 2.00 bits per heavy atom. The number of nitro groups is 1. The summed E-state index contributed by atoms with van der Waals surface area (Å²) in [4.78, 5) is 28.6. The van der Waals surface area contributed by atoms with E-state index in [1.54, 1.807) is 24.3 Å². The number of amides is 1. The van der Waals surface area contributed by atoms with Crippen LogP contribution < -0.4 is 0 Å². The highest BCUT2D eigenvalue weighted by Gasteiger charge is 2.17. The summed E-state index contributed by atoms with van der Waals surface area (Å²) < 4.78 is 5.04. The van der Waals surface area contributed by atoms with E-state index in [4.69, 9.17) is 4.74 Å². The lowest BCUT2D eigenvalue weighted by Crippen LogP contribution is -2.33. The number of nitro benzene ring substituents is 1. The number of pyridine rings is 1. The zero-order valence-corrected chi connectivity index (χ0v) is 12.7. The quantitative estimate of drug-likeness (QED) is 0.578. The van der Waals surface area contributed by atoms with Gasteiger partial charge in [-0.1, -0.05) is 6.07 Å². The van der Waals surface area contributed by atoms with Gasteiger partial charge in [-0.15, -0.1) is 0 Å². The van der Waals surface area contributed by atoms with Gasteiger partial charge in [-0.2, -0.15) is 0 Å². The molecule has 1 heterocycles. The molecule has 23 heavy (non-hydrogen) atoms. The number of hydrogen-bond donors (Lipinski definition) is 0. The molecule has 1 aromatic heterocycles. The Labute approximate surface area is 133 Å². The molecule has 0 unspecified atom stereocenters. The maximum Gasteiger partial charge on any atom is 0.269 e. The second kappa shape index (κ2) is 8.00. The van der Waals surface area contributed by atoms with Crippen molar-refractivity contribution in [3.05, 3.63) is 70.0 Å². The van der Waals surface area contributed by atoms with Crippen LogP contribution in [0.15, 0.2) is 48.7 Å². The fourth-order valence-corrected chi connectivity index (χ4v) is 2.05. The SMILES string of the molecule is COCCN(Cc1ccccn1)C(=O)c1ccc([N+](=O)[O-])cc1. The molecule has 0 saturated heterocycles. The number of non-ortho nitro benzene ring substituents is 1. The van der Waals surface area contributed by atoms with E-state index in [9.17, 15) is 14.9 Å². The molecule has 1 amide bonds. The van der Waals surface area contributed by atoms with Crippen LogP contribution in [0.5, 0.6) is 0 Å². The van der Waals surface area contributed by atoms with Crippen molar-refractivity contribution in [2.24, 2.45) is 0 Å². The van der Waals surface area contributed by atoms with Crippen LogP contribution >= 0.6 is 0 Å². The fraction of sp³-hybridized carbons (Fsp3) is 0.250. The molecule has 7 heteroatoms. The van der Waals surface area contributed by atoms with Crippen molar-refractivity contribution in [2.45, 2.75) is 6.54 Å². The largest absolute Gasteiger partial charge is 0.383 e. The van der Waals surface area contributed by atoms with Gasteiger partial charge in [0, 0.05) is 37.5 Å². The van der Waals surface area contributed by atoms with Crippen molar-refractivity contribution < 1.29 is 14.5 Å². The Bertz CT molecular complexity index is 659. The Balaban J connectivity index is 2.16. The van der Waals surface area contributed by atoms with Crippen LogP contribution in [0.4, 0.5) is 5.69 Å². The molecule has 2 rings (SSSR count). The average molecular weight is 315 g/mol. The van der Waals surface area contributed by atoms with Crippen molar-refractivity contribution in [2.75, 3.05) is 20.3 Å². The van der Waals surface area contributed by atoms with Crippen LogP contribution in [0.1, 0.15) is 16.1 Å². The summed E-state index contributed by atoms with van der Waals surface area (Å²) >= 11 is 0. The highest BCUT2D eigenvalue weighted by Crippen LogP contribution is 2.14. The highest BCUT2D eigenvalue weighted by atomic mass is 16.6. The van der Waals surface area contributed by atoms with Crippen molar-refractivity contribution in [3.63, 3.8) is 0 Å². The van der Waals surface area contributed by atoms with Gasteiger partial charge in [0.25, 0.3) is 11.6 Å². The van der Waals surface area contributed by atoms with Gasteiger partial charge >= 0.3 is 0 Å². The third-order valence-electron chi connectivity index (χ3n) is 3.26. The molecule has 0 aliphatic carbocycles. The van der Waals surface area contributed by atoms with Crippen LogP contribution in [0.3, 0.4) is 0 Å². The number of aromatic nitrogens is 1. The zero-order chi connectivity index (χ0) is 16.7. The molecule has 0 fully saturated rings. The third kappa shape index (κ3) is 4.58.